The molecule has 1 atom stereocenters. The smallest absolute Gasteiger partial charge is 0.342 e. The molecule has 8 nitrogen and oxygen atoms in total. The predicted octanol–water partition coefficient (Wildman–Crippen LogP) is 2.29. The molecule has 0 aromatic heterocycles. The lowest BCUT2D eigenvalue weighted by atomic mass is 10.2. The molecule has 0 saturated carbocycles. The molecule has 28 heavy (non-hydrogen) atoms. The largest absolute Gasteiger partial charge is 0.497 e. The molecule has 1 aliphatic rings. The Morgan fingerprint density at radius 1 is 1.07 bits per heavy atom. The van der Waals surface area contributed by atoms with E-state index in [0.29, 0.717) is 23.0 Å². The zero-order valence-corrected chi connectivity index (χ0v) is 15.8. The summed E-state index contributed by atoms with van der Waals surface area (Å²) in [4.78, 5) is 24.7. The Morgan fingerprint density at radius 2 is 1.86 bits per heavy atom. The summed E-state index contributed by atoms with van der Waals surface area (Å²) < 4.78 is 26.1. The van der Waals surface area contributed by atoms with E-state index in [1.165, 1.54) is 27.2 Å². The molecule has 0 aliphatic carbocycles. The van der Waals surface area contributed by atoms with Crippen molar-refractivity contribution in [1.29, 1.82) is 0 Å². The minimum absolute atomic E-state index is 0.187. The monoisotopic (exact) mass is 387 g/mol. The van der Waals surface area contributed by atoms with Crippen molar-refractivity contribution in [3.05, 3.63) is 47.5 Å². The Kier molecular flexibility index (Phi) is 5.88. The summed E-state index contributed by atoms with van der Waals surface area (Å²) in [7, 11) is 2.95. The highest BCUT2D eigenvalue weighted by atomic mass is 16.7. The minimum Gasteiger partial charge on any atom is -0.497 e. The number of nitrogens with one attached hydrogen (secondary N) is 1. The molecule has 2 aromatic rings. The summed E-state index contributed by atoms with van der Waals surface area (Å²) in [6.07, 6.45) is -0.978. The molecule has 0 fully saturated rings. The summed E-state index contributed by atoms with van der Waals surface area (Å²) in [5.74, 6) is 1.08. The number of carbonyl (C=O) groups is 2. The topological polar surface area (TPSA) is 92.3 Å². The molecule has 1 aliphatic heterocycles. The molecule has 0 saturated heterocycles. The quantitative estimate of drug-likeness (QED) is 0.729. The van der Waals surface area contributed by atoms with Crippen LogP contribution in [0.2, 0.25) is 0 Å². The molecule has 1 amide bonds. The highest BCUT2D eigenvalue weighted by Gasteiger charge is 2.22. The maximum atomic E-state index is 12.4. The maximum absolute atomic E-state index is 12.4. The van der Waals surface area contributed by atoms with Gasteiger partial charge in [-0.15, -0.1) is 0 Å². The Morgan fingerprint density at radius 3 is 2.61 bits per heavy atom. The van der Waals surface area contributed by atoms with Crippen molar-refractivity contribution in [2.24, 2.45) is 0 Å². The van der Waals surface area contributed by atoms with Crippen molar-refractivity contribution < 1.29 is 33.3 Å². The van der Waals surface area contributed by atoms with Gasteiger partial charge >= 0.3 is 5.97 Å². The van der Waals surface area contributed by atoms with Crippen LogP contribution in [0.3, 0.4) is 0 Å². The fourth-order valence-corrected chi connectivity index (χ4v) is 2.63. The second-order valence-corrected chi connectivity index (χ2v) is 6.02. The Labute approximate surface area is 162 Å². The van der Waals surface area contributed by atoms with Crippen molar-refractivity contribution in [2.75, 3.05) is 21.0 Å². The van der Waals surface area contributed by atoms with Crippen LogP contribution in [0, 0.1) is 0 Å². The van der Waals surface area contributed by atoms with E-state index in [1.54, 1.807) is 24.3 Å². The van der Waals surface area contributed by atoms with Crippen LogP contribution >= 0.6 is 0 Å². The van der Waals surface area contributed by atoms with Gasteiger partial charge in [-0.05, 0) is 36.8 Å². The zero-order valence-electron chi connectivity index (χ0n) is 15.8. The second kappa shape index (κ2) is 8.51. The van der Waals surface area contributed by atoms with Crippen LogP contribution in [-0.2, 0) is 16.1 Å². The van der Waals surface area contributed by atoms with Gasteiger partial charge < -0.3 is 29.0 Å². The molecule has 0 spiro atoms. The molecular weight excluding hydrogens is 366 g/mol. The lowest BCUT2D eigenvalue weighted by Gasteiger charge is -2.15. The first-order valence-electron chi connectivity index (χ1n) is 8.61. The van der Waals surface area contributed by atoms with E-state index in [0.717, 1.165) is 5.56 Å². The number of fused-ring (bicyclic) bond motifs is 1. The van der Waals surface area contributed by atoms with E-state index in [2.05, 4.69) is 5.32 Å². The van der Waals surface area contributed by atoms with Crippen molar-refractivity contribution >= 4 is 11.9 Å². The molecule has 0 radical (unpaired) electrons. The van der Waals surface area contributed by atoms with Crippen molar-refractivity contribution in [3.8, 4) is 23.0 Å². The molecule has 1 heterocycles. The van der Waals surface area contributed by atoms with Gasteiger partial charge in [-0.1, -0.05) is 6.07 Å². The molecule has 1 N–H and O–H groups in total. The second-order valence-electron chi connectivity index (χ2n) is 6.02. The van der Waals surface area contributed by atoms with Crippen LogP contribution in [0.5, 0.6) is 23.0 Å². The molecule has 8 heteroatoms. The number of carbonyl (C=O) groups excluding carboxylic acids is 2. The number of ether oxygens (including phenoxy) is 5. The number of hydrogen-bond acceptors (Lipinski definition) is 7. The van der Waals surface area contributed by atoms with E-state index in [-0.39, 0.29) is 18.9 Å². The lowest BCUT2D eigenvalue weighted by molar-refractivity contribution is -0.129. The molecule has 148 valence electrons. The Bertz CT molecular complexity index is 881. The van der Waals surface area contributed by atoms with Crippen LogP contribution in [-0.4, -0.2) is 39.0 Å². The molecule has 2 aromatic carbocycles. The van der Waals surface area contributed by atoms with Gasteiger partial charge in [0.2, 0.25) is 6.79 Å². The first-order chi connectivity index (χ1) is 13.5. The molecule has 3 rings (SSSR count). The number of methoxy groups -OCH3 is 2. The average Bonchev–Trinajstić information content (AvgIpc) is 3.19. The van der Waals surface area contributed by atoms with Crippen LogP contribution in [0.15, 0.2) is 36.4 Å². The van der Waals surface area contributed by atoms with Crippen molar-refractivity contribution in [2.45, 2.75) is 19.6 Å². The number of rotatable bonds is 7. The summed E-state index contributed by atoms with van der Waals surface area (Å²) >= 11 is 0. The fraction of sp³-hybridized carbons (Fsp3) is 0.300. The highest BCUT2D eigenvalue weighted by molar-refractivity contribution is 5.94. The van der Waals surface area contributed by atoms with E-state index in [4.69, 9.17) is 23.7 Å². The van der Waals surface area contributed by atoms with Crippen LogP contribution in [0.25, 0.3) is 0 Å². The summed E-state index contributed by atoms with van der Waals surface area (Å²) in [5, 5.41) is 2.73. The summed E-state index contributed by atoms with van der Waals surface area (Å²) in [5.41, 5.74) is 1.05. The number of hydrogen-bond donors (Lipinski definition) is 1. The third-order valence-electron chi connectivity index (χ3n) is 4.19. The fourth-order valence-electron chi connectivity index (χ4n) is 2.63. The minimum atomic E-state index is -0.978. The van der Waals surface area contributed by atoms with Crippen LogP contribution < -0.4 is 24.3 Å². The third kappa shape index (κ3) is 4.28. The molecule has 0 bridgehead atoms. The number of benzene rings is 2. The molecular formula is C20H21NO7. The zero-order chi connectivity index (χ0) is 20.1. The van der Waals surface area contributed by atoms with Crippen molar-refractivity contribution in [3.63, 3.8) is 0 Å². The third-order valence-corrected chi connectivity index (χ3v) is 4.19. The van der Waals surface area contributed by atoms with Gasteiger partial charge in [0.25, 0.3) is 5.91 Å². The number of esters is 1. The van der Waals surface area contributed by atoms with Crippen LogP contribution in [0.1, 0.15) is 22.8 Å². The van der Waals surface area contributed by atoms with E-state index in [9.17, 15) is 9.59 Å². The highest BCUT2D eigenvalue weighted by Crippen LogP contribution is 2.32. The van der Waals surface area contributed by atoms with E-state index in [1.807, 2.05) is 6.07 Å². The van der Waals surface area contributed by atoms with Crippen molar-refractivity contribution in [1.82, 2.24) is 5.32 Å². The van der Waals surface area contributed by atoms with Gasteiger partial charge in [0.15, 0.2) is 17.6 Å². The predicted molar refractivity (Wildman–Crippen MR) is 98.8 cm³/mol. The summed E-state index contributed by atoms with van der Waals surface area (Å²) in [6, 6.07) is 10.1. The molecule has 1 unspecified atom stereocenters. The standard InChI is InChI=1S/C20H21NO7/c1-12(28-20(23)15-6-5-14(24-2)9-17(15)25-3)19(22)21-10-13-4-7-16-18(8-13)27-11-26-16/h4-9,12H,10-11H2,1-3H3,(H,21,22). The van der Waals surface area contributed by atoms with Gasteiger partial charge in [-0.2, -0.15) is 0 Å². The Hall–Kier alpha value is -3.42. The van der Waals surface area contributed by atoms with Gasteiger partial charge in [0.1, 0.15) is 17.1 Å². The van der Waals surface area contributed by atoms with E-state index >= 15 is 0 Å². The Balaban J connectivity index is 1.57. The van der Waals surface area contributed by atoms with Gasteiger partial charge in [-0.25, -0.2) is 4.79 Å². The van der Waals surface area contributed by atoms with Crippen LogP contribution in [0.4, 0.5) is 0 Å². The first-order valence-corrected chi connectivity index (χ1v) is 8.61. The number of amides is 1. The summed E-state index contributed by atoms with van der Waals surface area (Å²) in [6.45, 7) is 1.96. The first kappa shape index (κ1) is 19.3. The van der Waals surface area contributed by atoms with Gasteiger partial charge in [-0.3, -0.25) is 4.79 Å². The average molecular weight is 387 g/mol. The van der Waals surface area contributed by atoms with Gasteiger partial charge in [0.05, 0.1) is 14.2 Å². The van der Waals surface area contributed by atoms with E-state index < -0.39 is 18.0 Å². The normalized spacial score (nSPS) is 12.8. The van der Waals surface area contributed by atoms with Gasteiger partial charge in [0, 0.05) is 12.6 Å². The lowest BCUT2D eigenvalue weighted by Crippen LogP contribution is -2.35. The maximum Gasteiger partial charge on any atom is 0.342 e. The SMILES string of the molecule is COc1ccc(C(=O)OC(C)C(=O)NCc2ccc3c(c2)OCO3)c(OC)c1.